The van der Waals surface area contributed by atoms with Crippen LogP contribution >= 0.6 is 0 Å². The highest BCUT2D eigenvalue weighted by Crippen LogP contribution is 2.22. The lowest BCUT2D eigenvalue weighted by atomic mass is 10.00. The summed E-state index contributed by atoms with van der Waals surface area (Å²) in [5.41, 5.74) is 5.12. The predicted octanol–water partition coefficient (Wildman–Crippen LogP) is 3.44. The van der Waals surface area contributed by atoms with Crippen molar-refractivity contribution in [1.29, 1.82) is 0 Å². The van der Waals surface area contributed by atoms with Crippen LogP contribution in [0.5, 0.6) is 0 Å². The number of aryl methyl sites for hydroxylation is 3. The number of carboxylic acid groups (broad SMARTS) is 1. The third kappa shape index (κ3) is 3.40. The zero-order chi connectivity index (χ0) is 14.7. The van der Waals surface area contributed by atoms with Crippen LogP contribution in [0.15, 0.2) is 12.1 Å². The van der Waals surface area contributed by atoms with Crippen molar-refractivity contribution in [2.24, 2.45) is 0 Å². The summed E-state index contributed by atoms with van der Waals surface area (Å²) in [6.07, 6.45) is 4.05. The zero-order valence-corrected chi connectivity index (χ0v) is 12.8. The van der Waals surface area contributed by atoms with Crippen LogP contribution in [-0.2, 0) is 11.3 Å². The molecule has 1 aliphatic heterocycles. The van der Waals surface area contributed by atoms with E-state index in [9.17, 15) is 9.90 Å². The van der Waals surface area contributed by atoms with Crippen molar-refractivity contribution in [3.63, 3.8) is 0 Å². The van der Waals surface area contributed by atoms with Gasteiger partial charge in [-0.1, -0.05) is 25.0 Å². The summed E-state index contributed by atoms with van der Waals surface area (Å²) in [7, 11) is 0. The lowest BCUT2D eigenvalue weighted by molar-refractivity contribution is -0.143. The van der Waals surface area contributed by atoms with Gasteiger partial charge in [0.1, 0.15) is 6.04 Å². The molecule has 1 unspecified atom stereocenters. The number of benzene rings is 1. The van der Waals surface area contributed by atoms with E-state index in [1.165, 1.54) is 22.3 Å². The number of rotatable bonds is 3. The van der Waals surface area contributed by atoms with Crippen molar-refractivity contribution < 1.29 is 9.90 Å². The molecular formula is C17H25NO2. The van der Waals surface area contributed by atoms with Gasteiger partial charge < -0.3 is 5.11 Å². The summed E-state index contributed by atoms with van der Waals surface area (Å²) >= 11 is 0. The van der Waals surface area contributed by atoms with E-state index in [-0.39, 0.29) is 6.04 Å². The second-order valence-corrected chi connectivity index (χ2v) is 6.04. The minimum atomic E-state index is -0.673. The molecule has 3 nitrogen and oxygen atoms in total. The Morgan fingerprint density at radius 1 is 1.15 bits per heavy atom. The highest BCUT2D eigenvalue weighted by Gasteiger charge is 2.27. The van der Waals surface area contributed by atoms with E-state index in [0.29, 0.717) is 0 Å². The maximum Gasteiger partial charge on any atom is 0.320 e. The monoisotopic (exact) mass is 275 g/mol. The quantitative estimate of drug-likeness (QED) is 0.918. The van der Waals surface area contributed by atoms with E-state index in [0.717, 1.165) is 38.8 Å². The Bertz CT molecular complexity index is 496. The summed E-state index contributed by atoms with van der Waals surface area (Å²) in [6.45, 7) is 8.01. The number of nitrogens with zero attached hydrogens (tertiary/aromatic N) is 1. The van der Waals surface area contributed by atoms with Gasteiger partial charge in [-0.25, -0.2) is 0 Å². The molecule has 1 aliphatic rings. The molecule has 1 aromatic carbocycles. The van der Waals surface area contributed by atoms with Gasteiger partial charge in [0, 0.05) is 6.54 Å². The first-order chi connectivity index (χ1) is 9.49. The minimum absolute atomic E-state index is 0.321. The van der Waals surface area contributed by atoms with Crippen LogP contribution < -0.4 is 0 Å². The fourth-order valence-corrected chi connectivity index (χ4v) is 3.05. The van der Waals surface area contributed by atoms with Gasteiger partial charge in [0.05, 0.1) is 0 Å². The average Bonchev–Trinajstić information content (AvgIpc) is 2.61. The Morgan fingerprint density at radius 2 is 1.85 bits per heavy atom. The van der Waals surface area contributed by atoms with E-state index < -0.39 is 5.97 Å². The van der Waals surface area contributed by atoms with E-state index in [1.54, 1.807) is 0 Å². The lowest BCUT2D eigenvalue weighted by Crippen LogP contribution is -2.40. The first kappa shape index (κ1) is 15.0. The van der Waals surface area contributed by atoms with Crippen molar-refractivity contribution in [2.45, 2.75) is 59.0 Å². The number of hydrogen-bond donors (Lipinski definition) is 1. The van der Waals surface area contributed by atoms with Gasteiger partial charge in [0.2, 0.25) is 0 Å². The molecular weight excluding hydrogens is 250 g/mol. The first-order valence-corrected chi connectivity index (χ1v) is 7.52. The third-order valence-corrected chi connectivity index (χ3v) is 4.47. The van der Waals surface area contributed by atoms with Crippen LogP contribution in [0.2, 0.25) is 0 Å². The molecule has 1 N–H and O–H groups in total. The molecule has 1 fully saturated rings. The zero-order valence-electron chi connectivity index (χ0n) is 12.8. The van der Waals surface area contributed by atoms with Gasteiger partial charge in [0.25, 0.3) is 0 Å². The van der Waals surface area contributed by atoms with Gasteiger partial charge in [0.15, 0.2) is 0 Å². The molecule has 0 aromatic heterocycles. The van der Waals surface area contributed by atoms with E-state index in [1.807, 2.05) is 0 Å². The van der Waals surface area contributed by atoms with Crippen LogP contribution in [0.25, 0.3) is 0 Å². The predicted molar refractivity (Wildman–Crippen MR) is 81.0 cm³/mol. The van der Waals surface area contributed by atoms with E-state index in [2.05, 4.69) is 37.8 Å². The molecule has 0 aliphatic carbocycles. The maximum atomic E-state index is 11.5. The smallest absolute Gasteiger partial charge is 0.320 e. The van der Waals surface area contributed by atoms with Crippen molar-refractivity contribution in [1.82, 2.24) is 4.90 Å². The number of aliphatic carboxylic acids is 1. The number of likely N-dealkylation sites (tertiary alicyclic amines) is 1. The van der Waals surface area contributed by atoms with Crippen LogP contribution in [-0.4, -0.2) is 28.6 Å². The fourth-order valence-electron chi connectivity index (χ4n) is 3.05. The summed E-state index contributed by atoms with van der Waals surface area (Å²) in [5, 5.41) is 9.44. The molecule has 0 saturated carbocycles. The number of carbonyl (C=O) groups is 1. The van der Waals surface area contributed by atoms with Gasteiger partial charge in [-0.15, -0.1) is 0 Å². The van der Waals surface area contributed by atoms with Crippen LogP contribution in [0.4, 0.5) is 0 Å². The Balaban J connectivity index is 2.21. The summed E-state index contributed by atoms with van der Waals surface area (Å²) in [6, 6.07) is 4.10. The first-order valence-electron chi connectivity index (χ1n) is 7.52. The van der Waals surface area contributed by atoms with Crippen LogP contribution in [0, 0.1) is 20.8 Å². The van der Waals surface area contributed by atoms with Crippen LogP contribution in [0.3, 0.4) is 0 Å². The van der Waals surface area contributed by atoms with E-state index >= 15 is 0 Å². The van der Waals surface area contributed by atoms with Crippen molar-refractivity contribution in [3.05, 3.63) is 34.4 Å². The van der Waals surface area contributed by atoms with Crippen molar-refractivity contribution >= 4 is 5.97 Å². The van der Waals surface area contributed by atoms with Crippen molar-refractivity contribution in [2.75, 3.05) is 6.54 Å². The topological polar surface area (TPSA) is 40.5 Å². The Morgan fingerprint density at radius 3 is 2.55 bits per heavy atom. The van der Waals surface area contributed by atoms with Crippen LogP contribution in [0.1, 0.15) is 47.9 Å². The summed E-state index contributed by atoms with van der Waals surface area (Å²) in [5.74, 6) is -0.673. The standard InChI is InChI=1S/C17H25NO2/c1-12-9-14(3)15(10-13(12)2)11-18-8-6-4-5-7-16(18)17(19)20/h9-10,16H,4-8,11H2,1-3H3,(H,19,20). The molecule has 1 atom stereocenters. The average molecular weight is 275 g/mol. The maximum absolute atomic E-state index is 11.5. The molecule has 0 bridgehead atoms. The lowest BCUT2D eigenvalue weighted by Gasteiger charge is -2.27. The normalized spacial score (nSPS) is 20.6. The number of carboxylic acids is 1. The molecule has 2 rings (SSSR count). The molecule has 20 heavy (non-hydrogen) atoms. The second-order valence-electron chi connectivity index (χ2n) is 6.04. The molecule has 1 heterocycles. The summed E-state index contributed by atoms with van der Waals surface area (Å²) < 4.78 is 0. The molecule has 1 saturated heterocycles. The molecule has 0 amide bonds. The minimum Gasteiger partial charge on any atom is -0.480 e. The van der Waals surface area contributed by atoms with Gasteiger partial charge in [-0.05, 0) is 62.4 Å². The Hall–Kier alpha value is -1.35. The Labute approximate surface area is 121 Å². The second kappa shape index (κ2) is 6.40. The third-order valence-electron chi connectivity index (χ3n) is 4.47. The largest absolute Gasteiger partial charge is 0.480 e. The van der Waals surface area contributed by atoms with Gasteiger partial charge in [-0.2, -0.15) is 0 Å². The van der Waals surface area contributed by atoms with Gasteiger partial charge in [-0.3, -0.25) is 9.69 Å². The number of hydrogen-bond acceptors (Lipinski definition) is 2. The fraction of sp³-hybridized carbons (Fsp3) is 0.588. The highest BCUT2D eigenvalue weighted by atomic mass is 16.4. The molecule has 3 heteroatoms. The van der Waals surface area contributed by atoms with Crippen molar-refractivity contribution in [3.8, 4) is 0 Å². The summed E-state index contributed by atoms with van der Waals surface area (Å²) in [4.78, 5) is 13.6. The Kier molecular flexibility index (Phi) is 4.81. The SMILES string of the molecule is Cc1cc(C)c(CN2CCCCCC2C(=O)O)cc1C. The van der Waals surface area contributed by atoms with E-state index in [4.69, 9.17) is 0 Å². The highest BCUT2D eigenvalue weighted by molar-refractivity contribution is 5.73. The molecule has 110 valence electrons. The molecule has 1 aromatic rings. The molecule has 0 radical (unpaired) electrons. The molecule has 0 spiro atoms. The van der Waals surface area contributed by atoms with Gasteiger partial charge >= 0.3 is 5.97 Å².